The zero-order valence-electron chi connectivity index (χ0n) is 9.88. The number of carboxylic acids is 1. The van der Waals surface area contributed by atoms with Crippen LogP contribution in [0.2, 0.25) is 0 Å². The zero-order valence-corrected chi connectivity index (χ0v) is 9.88. The average Bonchev–Trinajstić information content (AvgIpc) is 3.07. The standard InChI is InChI=1S/C13H15NO3/c1-8-4-3-5-9(6-8)14(2)12(15)10-7-11(10)13(16)17/h3-6,10-11H,7H2,1-2H3,(H,16,17)/t10-,11+/m1/s1. The number of hydrogen-bond acceptors (Lipinski definition) is 2. The number of hydrogen-bond donors (Lipinski definition) is 1. The minimum atomic E-state index is -0.874. The highest BCUT2D eigenvalue weighted by Crippen LogP contribution is 2.40. The number of carboxylic acid groups (broad SMARTS) is 1. The van der Waals surface area contributed by atoms with E-state index in [1.54, 1.807) is 11.9 Å². The lowest BCUT2D eigenvalue weighted by molar-refractivity contribution is -0.139. The SMILES string of the molecule is Cc1cccc(N(C)C(=O)[C@@H]2C[C@@H]2C(=O)O)c1. The van der Waals surface area contributed by atoms with Gasteiger partial charge in [0, 0.05) is 12.7 Å². The van der Waals surface area contributed by atoms with Gasteiger partial charge in [-0.25, -0.2) is 0 Å². The Bertz CT molecular complexity index is 469. The Morgan fingerprint density at radius 3 is 2.59 bits per heavy atom. The van der Waals surface area contributed by atoms with Gasteiger partial charge in [0.1, 0.15) is 0 Å². The molecular weight excluding hydrogens is 218 g/mol. The Morgan fingerprint density at radius 2 is 2.06 bits per heavy atom. The van der Waals surface area contributed by atoms with Gasteiger partial charge in [0.2, 0.25) is 5.91 Å². The Morgan fingerprint density at radius 1 is 1.35 bits per heavy atom. The van der Waals surface area contributed by atoms with E-state index < -0.39 is 11.9 Å². The minimum Gasteiger partial charge on any atom is -0.481 e. The first-order valence-corrected chi connectivity index (χ1v) is 5.57. The van der Waals surface area contributed by atoms with Crippen LogP contribution < -0.4 is 4.90 Å². The van der Waals surface area contributed by atoms with Crippen molar-refractivity contribution < 1.29 is 14.7 Å². The van der Waals surface area contributed by atoms with E-state index in [2.05, 4.69) is 0 Å². The van der Waals surface area contributed by atoms with Gasteiger partial charge in [0.05, 0.1) is 11.8 Å². The normalized spacial score (nSPS) is 22.0. The average molecular weight is 233 g/mol. The summed E-state index contributed by atoms with van der Waals surface area (Å²) >= 11 is 0. The van der Waals surface area contributed by atoms with Crippen LogP contribution in [0.5, 0.6) is 0 Å². The molecule has 90 valence electrons. The summed E-state index contributed by atoms with van der Waals surface area (Å²) in [7, 11) is 1.69. The van der Waals surface area contributed by atoms with Crippen molar-refractivity contribution in [1.29, 1.82) is 0 Å². The van der Waals surface area contributed by atoms with Crippen LogP contribution in [-0.2, 0) is 9.59 Å². The third kappa shape index (κ3) is 2.30. The molecule has 0 bridgehead atoms. The first-order valence-electron chi connectivity index (χ1n) is 5.57. The fraction of sp³-hybridized carbons (Fsp3) is 0.385. The van der Waals surface area contributed by atoms with E-state index in [0.717, 1.165) is 11.3 Å². The Hall–Kier alpha value is -1.84. The molecule has 1 aromatic rings. The van der Waals surface area contributed by atoms with Crippen molar-refractivity contribution in [2.24, 2.45) is 11.8 Å². The number of nitrogens with zero attached hydrogens (tertiary/aromatic N) is 1. The topological polar surface area (TPSA) is 57.6 Å². The number of amides is 1. The molecule has 0 heterocycles. The second-order valence-electron chi connectivity index (χ2n) is 4.52. The summed E-state index contributed by atoms with van der Waals surface area (Å²) in [6.45, 7) is 1.96. The molecule has 1 aromatic carbocycles. The number of aryl methyl sites for hydroxylation is 1. The predicted molar refractivity (Wildman–Crippen MR) is 63.8 cm³/mol. The van der Waals surface area contributed by atoms with Gasteiger partial charge in [-0.1, -0.05) is 12.1 Å². The van der Waals surface area contributed by atoms with Crippen LogP contribution in [0, 0.1) is 18.8 Å². The van der Waals surface area contributed by atoms with E-state index in [1.807, 2.05) is 31.2 Å². The van der Waals surface area contributed by atoms with E-state index in [9.17, 15) is 9.59 Å². The van der Waals surface area contributed by atoms with Crippen molar-refractivity contribution in [2.45, 2.75) is 13.3 Å². The maximum Gasteiger partial charge on any atom is 0.307 e. The van der Waals surface area contributed by atoms with Gasteiger partial charge in [-0.3, -0.25) is 9.59 Å². The van der Waals surface area contributed by atoms with E-state index >= 15 is 0 Å². The highest BCUT2D eigenvalue weighted by atomic mass is 16.4. The molecule has 0 aliphatic heterocycles. The van der Waals surface area contributed by atoms with E-state index in [-0.39, 0.29) is 11.8 Å². The van der Waals surface area contributed by atoms with Crippen molar-refractivity contribution in [2.75, 3.05) is 11.9 Å². The van der Waals surface area contributed by atoms with Crippen LogP contribution in [0.3, 0.4) is 0 Å². The molecule has 0 aromatic heterocycles. The molecule has 2 atom stereocenters. The fourth-order valence-electron chi connectivity index (χ4n) is 1.95. The maximum atomic E-state index is 12.0. The molecule has 1 saturated carbocycles. The zero-order chi connectivity index (χ0) is 12.6. The Balaban J connectivity index is 2.09. The molecule has 0 unspecified atom stereocenters. The molecule has 0 spiro atoms. The molecule has 4 heteroatoms. The molecule has 17 heavy (non-hydrogen) atoms. The van der Waals surface area contributed by atoms with Crippen molar-refractivity contribution >= 4 is 17.6 Å². The summed E-state index contributed by atoms with van der Waals surface area (Å²) in [6, 6.07) is 7.61. The van der Waals surface area contributed by atoms with Gasteiger partial charge in [0.25, 0.3) is 0 Å². The third-order valence-electron chi connectivity index (χ3n) is 3.14. The molecule has 4 nitrogen and oxygen atoms in total. The van der Waals surface area contributed by atoms with Crippen molar-refractivity contribution in [3.63, 3.8) is 0 Å². The van der Waals surface area contributed by atoms with Gasteiger partial charge >= 0.3 is 5.97 Å². The highest BCUT2D eigenvalue weighted by Gasteiger charge is 2.49. The van der Waals surface area contributed by atoms with Gasteiger partial charge in [-0.05, 0) is 31.0 Å². The smallest absolute Gasteiger partial charge is 0.307 e. The second-order valence-corrected chi connectivity index (χ2v) is 4.52. The van der Waals surface area contributed by atoms with Gasteiger partial charge < -0.3 is 10.0 Å². The van der Waals surface area contributed by atoms with Crippen LogP contribution in [0.4, 0.5) is 5.69 Å². The highest BCUT2D eigenvalue weighted by molar-refractivity contribution is 5.99. The molecule has 1 amide bonds. The van der Waals surface area contributed by atoms with Gasteiger partial charge in [-0.15, -0.1) is 0 Å². The van der Waals surface area contributed by atoms with E-state index in [1.165, 1.54) is 0 Å². The number of rotatable bonds is 3. The summed E-state index contributed by atoms with van der Waals surface area (Å²) in [5, 5.41) is 8.80. The largest absolute Gasteiger partial charge is 0.481 e. The number of carbonyl (C=O) groups is 2. The van der Waals surface area contributed by atoms with Crippen molar-refractivity contribution in [1.82, 2.24) is 0 Å². The molecule has 0 radical (unpaired) electrons. The summed E-state index contributed by atoms with van der Waals surface area (Å²) in [6.07, 6.45) is 0.463. The van der Waals surface area contributed by atoms with Crippen LogP contribution in [-0.4, -0.2) is 24.0 Å². The fourth-order valence-corrected chi connectivity index (χ4v) is 1.95. The monoisotopic (exact) mass is 233 g/mol. The molecule has 1 aliphatic carbocycles. The van der Waals surface area contributed by atoms with Crippen molar-refractivity contribution in [3.8, 4) is 0 Å². The maximum absolute atomic E-state index is 12.0. The molecule has 0 saturated heterocycles. The predicted octanol–water partition coefficient (Wildman–Crippen LogP) is 1.68. The minimum absolute atomic E-state index is 0.108. The molecule has 1 N–H and O–H groups in total. The number of carbonyl (C=O) groups excluding carboxylic acids is 1. The summed E-state index contributed by atoms with van der Waals surface area (Å²) in [5.74, 6) is -1.82. The lowest BCUT2D eigenvalue weighted by atomic mass is 10.2. The van der Waals surface area contributed by atoms with Crippen LogP contribution in [0.15, 0.2) is 24.3 Å². The number of anilines is 1. The molecule has 1 fully saturated rings. The third-order valence-corrected chi connectivity index (χ3v) is 3.14. The molecule has 2 rings (SSSR count). The van der Waals surface area contributed by atoms with Crippen LogP contribution in [0.1, 0.15) is 12.0 Å². The van der Waals surface area contributed by atoms with E-state index in [4.69, 9.17) is 5.11 Å². The first kappa shape index (κ1) is 11.6. The Labute approximate surface area is 99.9 Å². The first-order chi connectivity index (χ1) is 8.00. The second kappa shape index (κ2) is 4.20. The Kier molecular flexibility index (Phi) is 2.88. The summed E-state index contributed by atoms with van der Waals surface area (Å²) < 4.78 is 0. The van der Waals surface area contributed by atoms with Crippen LogP contribution in [0.25, 0.3) is 0 Å². The van der Waals surface area contributed by atoms with Crippen LogP contribution >= 0.6 is 0 Å². The summed E-state index contributed by atoms with van der Waals surface area (Å²) in [4.78, 5) is 24.3. The van der Waals surface area contributed by atoms with E-state index in [0.29, 0.717) is 6.42 Å². The lowest BCUT2D eigenvalue weighted by Gasteiger charge is -2.17. The number of benzene rings is 1. The lowest BCUT2D eigenvalue weighted by Crippen LogP contribution is -2.29. The van der Waals surface area contributed by atoms with Crippen molar-refractivity contribution in [3.05, 3.63) is 29.8 Å². The molecular formula is C13H15NO3. The van der Waals surface area contributed by atoms with Gasteiger partial charge in [-0.2, -0.15) is 0 Å². The summed E-state index contributed by atoms with van der Waals surface area (Å²) in [5.41, 5.74) is 1.89. The molecule has 1 aliphatic rings. The number of aliphatic carboxylic acids is 1. The van der Waals surface area contributed by atoms with Gasteiger partial charge in [0.15, 0.2) is 0 Å². The quantitative estimate of drug-likeness (QED) is 0.864.